The first-order valence-corrected chi connectivity index (χ1v) is 25.8. The second-order valence-electron chi connectivity index (χ2n) is 20.0. The maximum Gasteiger partial charge on any atom is 0.308 e. The lowest BCUT2D eigenvalue weighted by Gasteiger charge is -2.36. The highest BCUT2D eigenvalue weighted by Crippen LogP contribution is 2.40. The van der Waals surface area contributed by atoms with Crippen LogP contribution in [0, 0.1) is 33.1 Å². The normalized spacial score (nSPS) is 18.6. The number of carbonyl (C=O) groups excluding carboxylic acids is 4. The van der Waals surface area contributed by atoms with E-state index in [4.69, 9.17) is 9.73 Å². The third-order valence-corrected chi connectivity index (χ3v) is 16.2. The summed E-state index contributed by atoms with van der Waals surface area (Å²) in [4.78, 5) is 70.5. The van der Waals surface area contributed by atoms with Crippen LogP contribution in [0.5, 0.6) is 0 Å². The second-order valence-corrected chi connectivity index (χ2v) is 22.1. The van der Waals surface area contributed by atoms with Gasteiger partial charge in [0.15, 0.2) is 5.82 Å². The molecule has 0 bridgehead atoms. The van der Waals surface area contributed by atoms with Crippen molar-refractivity contribution in [2.75, 3.05) is 26.7 Å². The first-order chi connectivity index (χ1) is 33.9. The summed E-state index contributed by atoms with van der Waals surface area (Å²) in [7, 11) is 1.38. The van der Waals surface area contributed by atoms with Gasteiger partial charge in [0, 0.05) is 42.1 Å². The van der Waals surface area contributed by atoms with Gasteiger partial charge in [-0.15, -0.1) is 32.9 Å². The van der Waals surface area contributed by atoms with Crippen molar-refractivity contribution in [3.05, 3.63) is 128 Å². The quantitative estimate of drug-likeness (QED) is 0.104. The minimum Gasteiger partial charge on any atom is -0.469 e. The van der Waals surface area contributed by atoms with E-state index in [0.29, 0.717) is 18.9 Å². The van der Waals surface area contributed by atoms with Crippen molar-refractivity contribution in [3.8, 4) is 26.6 Å². The first-order valence-electron chi connectivity index (χ1n) is 24.1. The molecule has 9 rings (SSSR count). The highest BCUT2D eigenvalue weighted by atomic mass is 32.1. The molecule has 3 aliphatic heterocycles. The molecule has 3 N–H and O–H groups in total. The van der Waals surface area contributed by atoms with Crippen molar-refractivity contribution in [1.29, 1.82) is 0 Å². The van der Waals surface area contributed by atoms with Crippen molar-refractivity contribution >= 4 is 52.1 Å². The number of likely N-dealkylation sites (tertiary alicyclic amines) is 1. The van der Waals surface area contributed by atoms with Crippen LogP contribution in [0.4, 0.5) is 0 Å². The number of β-amino-alcohol motifs (C(OH)–C–C–N with tert-alkyl or cyclic N) is 1. The zero-order valence-corrected chi connectivity index (χ0v) is 43.3. The molecule has 3 aliphatic rings. The third kappa shape index (κ3) is 9.97. The number of aliphatic hydroxyl groups excluding tert-OH is 1. The van der Waals surface area contributed by atoms with Crippen LogP contribution >= 0.6 is 22.7 Å². The van der Waals surface area contributed by atoms with E-state index in [-0.39, 0.29) is 49.8 Å². The Kier molecular flexibility index (Phi) is 14.0. The van der Waals surface area contributed by atoms with Crippen LogP contribution in [0.2, 0.25) is 0 Å². The van der Waals surface area contributed by atoms with Gasteiger partial charge in [0.05, 0.1) is 54.0 Å². The summed E-state index contributed by atoms with van der Waals surface area (Å²) < 4.78 is 7.10. The van der Waals surface area contributed by atoms with Crippen molar-refractivity contribution in [2.45, 2.75) is 111 Å². The number of thiazole rings is 1. The summed E-state index contributed by atoms with van der Waals surface area (Å²) in [6, 6.07) is 19.9. The average molecular weight is 996 g/mol. The van der Waals surface area contributed by atoms with Crippen LogP contribution in [0.15, 0.2) is 77.2 Å². The van der Waals surface area contributed by atoms with E-state index in [1.54, 1.807) is 22.7 Å². The summed E-state index contributed by atoms with van der Waals surface area (Å²) in [5.74, 6) is -0.115. The molecule has 3 aromatic carbocycles. The van der Waals surface area contributed by atoms with Gasteiger partial charge in [-0.1, -0.05) is 87.5 Å². The van der Waals surface area contributed by atoms with Crippen LogP contribution < -0.4 is 10.6 Å². The summed E-state index contributed by atoms with van der Waals surface area (Å²) >= 11 is 3.24. The van der Waals surface area contributed by atoms with Crippen LogP contribution in [0.1, 0.15) is 108 Å². The van der Waals surface area contributed by atoms with E-state index >= 15 is 0 Å². The molecule has 3 amide bonds. The first kappa shape index (κ1) is 49.6. The summed E-state index contributed by atoms with van der Waals surface area (Å²) in [5, 5.41) is 26.8. The van der Waals surface area contributed by atoms with Crippen molar-refractivity contribution in [3.63, 3.8) is 0 Å². The van der Waals surface area contributed by atoms with Crippen molar-refractivity contribution < 1.29 is 29.0 Å². The number of methoxy groups -OCH3 is 1. The van der Waals surface area contributed by atoms with Gasteiger partial charge in [-0.3, -0.25) is 33.6 Å². The lowest BCUT2D eigenvalue weighted by atomic mass is 9.85. The Hall–Kier alpha value is -6.40. The predicted molar refractivity (Wildman–Crippen MR) is 276 cm³/mol. The number of hydrogen-bond acceptors (Lipinski definition) is 13. The molecule has 3 aromatic heterocycles. The zero-order chi connectivity index (χ0) is 50.5. The van der Waals surface area contributed by atoms with Gasteiger partial charge in [0.1, 0.15) is 29.0 Å². The molecule has 15 nitrogen and oxygen atoms in total. The number of fused-ring (bicyclic) bond motifs is 4. The number of ether oxygens (including phenoxy) is 1. The number of aliphatic hydroxyl groups is 1. The molecule has 370 valence electrons. The van der Waals surface area contributed by atoms with Crippen molar-refractivity contribution in [1.82, 2.24) is 40.2 Å². The standard InChI is InChI=1S/C54H61N9O6S2/c1-29-32(4)71-53-46(29)47(57-42(24-45(66)69-9)50-60-59-33(5)63(50)53)37-17-15-36(16-18-37)40-12-10-11-35-21-22-61(26-41(35)40)27-44(65)58-49(54(6,7)8)52(68)62-25-39(64)23-43(62)51(67)56-30(2)34-13-19-38(20-14-34)48-31(3)55-28-70-48/h10-20,28,30,39,42-43,49,64H,21-27H2,1-9H3,(H,56,67)(H,58,65)/t30-,39+,42-,43-,49?/m0/s1. The lowest BCUT2D eigenvalue weighted by Crippen LogP contribution is -2.58. The highest BCUT2D eigenvalue weighted by molar-refractivity contribution is 7.15. The van der Waals surface area contributed by atoms with Gasteiger partial charge in [0.2, 0.25) is 17.7 Å². The smallest absolute Gasteiger partial charge is 0.308 e. The van der Waals surface area contributed by atoms with E-state index in [9.17, 15) is 24.3 Å². The fourth-order valence-corrected chi connectivity index (χ4v) is 12.1. The number of aliphatic imine (C=N–C) groups is 1. The Morgan fingerprint density at radius 2 is 1.65 bits per heavy atom. The molecular weight excluding hydrogens is 935 g/mol. The summed E-state index contributed by atoms with van der Waals surface area (Å²) in [5.41, 5.74) is 12.3. The number of nitrogens with one attached hydrogen (secondary N) is 2. The highest BCUT2D eigenvalue weighted by Gasteiger charge is 2.45. The number of aryl methyl sites for hydroxylation is 3. The van der Waals surface area contributed by atoms with Crippen LogP contribution in [-0.4, -0.2) is 109 Å². The molecule has 0 radical (unpaired) electrons. The number of aromatic nitrogens is 4. The molecule has 5 atom stereocenters. The lowest BCUT2D eigenvalue weighted by molar-refractivity contribution is -0.144. The van der Waals surface area contributed by atoms with Gasteiger partial charge in [0.25, 0.3) is 0 Å². The Labute approximate surface area is 422 Å². The monoisotopic (exact) mass is 995 g/mol. The number of thiophene rings is 1. The number of hydrogen-bond donors (Lipinski definition) is 3. The molecule has 0 spiro atoms. The van der Waals surface area contributed by atoms with Gasteiger partial charge in [-0.2, -0.15) is 0 Å². The minimum atomic E-state index is -0.949. The maximum absolute atomic E-state index is 14.5. The molecule has 17 heteroatoms. The SMILES string of the molecule is COC(=O)C[C@@H]1N=C(c2ccc(-c3cccc4c3CN(CC(=O)NC(C(=O)N3C[C@H](O)C[C@H]3C(=O)N[C@@H](C)c3ccc(-c5scnc5C)cc3)C(C)(C)C)CC4)cc2)c2c(sc(C)c2C)-n2c(C)nnc21. The second kappa shape index (κ2) is 20.0. The number of amides is 3. The molecular formula is C54H61N9O6S2. The molecule has 6 aromatic rings. The molecule has 1 unspecified atom stereocenters. The molecule has 71 heavy (non-hydrogen) atoms. The van der Waals surface area contributed by atoms with Gasteiger partial charge >= 0.3 is 5.97 Å². The van der Waals surface area contributed by atoms with E-state index in [2.05, 4.69) is 87.0 Å². The fourth-order valence-electron chi connectivity index (χ4n) is 10.0. The van der Waals surface area contributed by atoms with Crippen LogP contribution in [-0.2, 0) is 36.9 Å². The average Bonchev–Trinajstić information content (AvgIpc) is 4.12. The van der Waals surface area contributed by atoms with Crippen LogP contribution in [0.3, 0.4) is 0 Å². The van der Waals surface area contributed by atoms with E-state index < -0.39 is 35.6 Å². The molecule has 0 saturated carbocycles. The Morgan fingerprint density at radius 1 is 0.930 bits per heavy atom. The Morgan fingerprint density at radius 3 is 2.34 bits per heavy atom. The number of nitrogens with zero attached hydrogens (tertiary/aromatic N) is 7. The fraction of sp³-hybridized carbons (Fsp3) is 0.407. The Bertz CT molecular complexity index is 3040. The number of rotatable bonds is 12. The minimum absolute atomic E-state index is 0.00889. The number of esters is 1. The summed E-state index contributed by atoms with van der Waals surface area (Å²) in [6.45, 7) is 16.9. The molecule has 1 saturated heterocycles. The van der Waals surface area contributed by atoms with Crippen LogP contribution in [0.25, 0.3) is 26.6 Å². The summed E-state index contributed by atoms with van der Waals surface area (Å²) in [6.07, 6.45) is -0.0152. The molecule has 0 aliphatic carbocycles. The van der Waals surface area contributed by atoms with Gasteiger partial charge in [-0.25, -0.2) is 4.98 Å². The topological polar surface area (TPSA) is 184 Å². The zero-order valence-electron chi connectivity index (χ0n) is 41.7. The predicted octanol–water partition coefficient (Wildman–Crippen LogP) is 7.54. The maximum atomic E-state index is 14.5. The molecule has 1 fully saturated rings. The van der Waals surface area contributed by atoms with E-state index in [0.717, 1.165) is 82.9 Å². The molecule has 6 heterocycles. The van der Waals surface area contributed by atoms with Crippen molar-refractivity contribution in [2.24, 2.45) is 10.4 Å². The third-order valence-electron chi connectivity index (χ3n) is 14.1. The van der Waals surface area contributed by atoms with Gasteiger partial charge in [-0.05, 0) is 85.4 Å². The number of benzene rings is 3. The van der Waals surface area contributed by atoms with E-state index in [1.807, 2.05) is 75.9 Å². The van der Waals surface area contributed by atoms with Gasteiger partial charge < -0.3 is 25.4 Å². The largest absolute Gasteiger partial charge is 0.469 e. The van der Waals surface area contributed by atoms with E-state index in [1.165, 1.54) is 17.6 Å². The Balaban J connectivity index is 0.888. The number of carbonyl (C=O) groups is 4.